The van der Waals surface area contributed by atoms with Gasteiger partial charge in [0, 0.05) is 32.2 Å². The fourth-order valence-corrected chi connectivity index (χ4v) is 15.1. The lowest BCUT2D eigenvalue weighted by molar-refractivity contribution is -0.144. The summed E-state index contributed by atoms with van der Waals surface area (Å²) in [5.41, 5.74) is 0. The van der Waals surface area contributed by atoms with E-state index in [1.165, 1.54) is 57.8 Å². The molecule has 1 fully saturated rings. The summed E-state index contributed by atoms with van der Waals surface area (Å²) in [4.78, 5) is 58.9. The number of hydrogen-bond donors (Lipinski definition) is 5. The summed E-state index contributed by atoms with van der Waals surface area (Å²) in [6, 6.07) is -0.676. The summed E-state index contributed by atoms with van der Waals surface area (Å²) in [5, 5.41) is 36.9. The summed E-state index contributed by atoms with van der Waals surface area (Å²) in [6.45, 7) is 0.394. The van der Waals surface area contributed by atoms with E-state index >= 15 is 0 Å². The molecular weight excluding hydrogens is 769 g/mol. The number of carbonyl (C=O) groups is 5. The number of Topliss-reactive ketones (excluding diaryl/α,β-unsaturated/α-hetero) is 1. The number of unbranched alkanes of at least 4 members (excludes halogenated alkanes) is 16. The normalized spacial score (nSPS) is 15.3. The number of rotatable bonds is 33. The van der Waals surface area contributed by atoms with E-state index in [4.69, 9.17) is 5.11 Å². The minimum atomic E-state index is -1.04. The Morgan fingerprint density at radius 3 is 1.73 bits per heavy atom. The van der Waals surface area contributed by atoms with Crippen LogP contribution < -0.4 is 10.6 Å². The van der Waals surface area contributed by atoms with Gasteiger partial charge in [-0.3, -0.25) is 29.3 Å². The molecule has 1 aliphatic heterocycles. The average molecular weight is 830 g/mol. The van der Waals surface area contributed by atoms with Crippen molar-refractivity contribution in [3.05, 3.63) is 5.08 Å². The van der Waals surface area contributed by atoms with Gasteiger partial charge in [-0.25, -0.2) is 0 Å². The highest BCUT2D eigenvalue weighted by molar-refractivity contribution is 8.93. The molecule has 0 aromatic carbocycles. The van der Waals surface area contributed by atoms with Gasteiger partial charge < -0.3 is 20.6 Å². The van der Waals surface area contributed by atoms with Crippen molar-refractivity contribution in [1.29, 1.82) is 0 Å². The van der Waals surface area contributed by atoms with Crippen LogP contribution in [0.4, 0.5) is 0 Å². The van der Waals surface area contributed by atoms with Crippen LogP contribution in [0.3, 0.4) is 0 Å². The van der Waals surface area contributed by atoms with E-state index in [0.29, 0.717) is 38.6 Å². The van der Waals surface area contributed by atoms with Crippen LogP contribution in [0.2, 0.25) is 0 Å². The van der Waals surface area contributed by atoms with Crippen LogP contribution in [0.25, 0.3) is 0 Å². The number of carboxylic acid groups (broad SMARTS) is 3. The Hall–Kier alpha value is -0.390. The molecule has 295 valence electrons. The zero-order chi connectivity index (χ0) is 37.4. The number of carbonyl (C=O) groups excluding carboxylic acids is 2. The van der Waals surface area contributed by atoms with E-state index in [-0.39, 0.29) is 35.7 Å². The van der Waals surface area contributed by atoms with E-state index in [9.17, 15) is 34.2 Å². The van der Waals surface area contributed by atoms with E-state index in [1.807, 2.05) is 5.08 Å². The number of aliphatic carboxylic acids is 3. The largest absolute Gasteiger partial charge is 0.481 e. The van der Waals surface area contributed by atoms with E-state index in [0.717, 1.165) is 50.0 Å². The topological polar surface area (TPSA) is 170 Å². The summed E-state index contributed by atoms with van der Waals surface area (Å²) >= 11 is 0. The molecule has 0 bridgehead atoms. The summed E-state index contributed by atoms with van der Waals surface area (Å²) in [6.07, 6.45) is 20.7. The Morgan fingerprint density at radius 1 is 0.608 bits per heavy atom. The first-order chi connectivity index (χ1) is 24.7. The second-order valence-electron chi connectivity index (χ2n) is 12.9. The maximum atomic E-state index is 12.5. The molecular formula is C35H61N2O8S6. The van der Waals surface area contributed by atoms with Crippen molar-refractivity contribution in [2.45, 2.75) is 165 Å². The number of ketones is 1. The predicted octanol–water partition coefficient (Wildman–Crippen LogP) is 10.4. The Balaban J connectivity index is 2.04. The van der Waals surface area contributed by atoms with Crippen LogP contribution >= 0.6 is 64.8 Å². The van der Waals surface area contributed by atoms with Gasteiger partial charge in [-0.05, 0) is 38.5 Å². The highest BCUT2D eigenvalue weighted by Gasteiger charge is 2.24. The molecule has 51 heavy (non-hydrogen) atoms. The zero-order valence-corrected chi connectivity index (χ0v) is 34.9. The number of hydrogen-bond acceptors (Lipinski definition) is 12. The smallest absolute Gasteiger partial charge is 0.320 e. The van der Waals surface area contributed by atoms with Crippen molar-refractivity contribution < 1.29 is 39.3 Å². The van der Waals surface area contributed by atoms with Gasteiger partial charge in [-0.2, -0.15) is 0 Å². The van der Waals surface area contributed by atoms with Gasteiger partial charge in [0.1, 0.15) is 16.5 Å². The standard InChI is InChI=1S/C35H61N2O8S6/c38-29(19-15-13-11-9-7-5-3-1-2-4-6-8-10-12-14-16-21-32(40)41)25-28(33(42)43)22-23-31(39)36-24-18-17-20-30(34(44)45)37-35-50-48-26-46-47-27-49-51-35/h26,28,30,35,37H,1-25,27H2,(H,36,39)(H,40,41)(H,42,43)(H,44,45)/t28-,30+,35?/m1/s1. The molecule has 5 N–H and O–H groups in total. The molecule has 0 aliphatic carbocycles. The Bertz CT molecular complexity index is 957. The Labute approximate surface area is 329 Å². The second kappa shape index (κ2) is 34.1. The van der Waals surface area contributed by atoms with Crippen molar-refractivity contribution in [3.63, 3.8) is 0 Å². The van der Waals surface area contributed by atoms with Gasteiger partial charge in [0.2, 0.25) is 5.91 Å². The quantitative estimate of drug-likeness (QED) is 0.0312. The molecule has 0 spiro atoms. The summed E-state index contributed by atoms with van der Waals surface area (Å²) < 4.78 is -0.0510. The number of amides is 1. The van der Waals surface area contributed by atoms with E-state index in [2.05, 4.69) is 10.6 Å². The SMILES string of the molecule is O=C(O)CCCCCCCCCCCCCCCCCCC(=O)C[C@@H](CCC(=O)NCCCC[C@H](NC1SS[CH]SSCSS1)C(=O)O)C(=O)O. The van der Waals surface area contributed by atoms with Crippen molar-refractivity contribution in [2.24, 2.45) is 5.92 Å². The van der Waals surface area contributed by atoms with Gasteiger partial charge in [-0.15, -0.1) is 0 Å². The molecule has 1 unspecified atom stereocenters. The van der Waals surface area contributed by atoms with Gasteiger partial charge in [0.25, 0.3) is 0 Å². The van der Waals surface area contributed by atoms with Crippen LogP contribution in [-0.2, 0) is 24.0 Å². The molecule has 1 saturated heterocycles. The Morgan fingerprint density at radius 2 is 1.18 bits per heavy atom. The Kier molecular flexibility index (Phi) is 32.5. The third-order valence-electron chi connectivity index (χ3n) is 8.56. The van der Waals surface area contributed by atoms with E-state index in [1.54, 1.807) is 64.8 Å². The highest BCUT2D eigenvalue weighted by atomic mass is 33.2. The minimum absolute atomic E-state index is 0.0384. The van der Waals surface area contributed by atoms with Crippen molar-refractivity contribution in [1.82, 2.24) is 10.6 Å². The molecule has 0 aromatic rings. The average Bonchev–Trinajstić information content (AvgIpc) is 3.22. The molecule has 0 saturated carbocycles. The summed E-state index contributed by atoms with van der Waals surface area (Å²) in [5.74, 6) is -3.80. The molecule has 1 heterocycles. The van der Waals surface area contributed by atoms with Crippen LogP contribution in [0.15, 0.2) is 0 Å². The number of nitrogens with one attached hydrogen (secondary N) is 2. The third-order valence-corrected chi connectivity index (χ3v) is 17.7. The summed E-state index contributed by atoms with van der Waals surface area (Å²) in [7, 11) is 9.96. The molecule has 10 nitrogen and oxygen atoms in total. The molecule has 1 aliphatic rings. The first-order valence-corrected chi connectivity index (χ1v) is 25.6. The lowest BCUT2D eigenvalue weighted by Crippen LogP contribution is -2.40. The lowest BCUT2D eigenvalue weighted by Gasteiger charge is -2.21. The fraction of sp³-hybridized carbons (Fsp3) is 0.829. The van der Waals surface area contributed by atoms with E-state index < -0.39 is 29.9 Å². The zero-order valence-electron chi connectivity index (χ0n) is 30.0. The van der Waals surface area contributed by atoms with Crippen LogP contribution in [0.1, 0.15) is 154 Å². The van der Waals surface area contributed by atoms with Crippen LogP contribution in [0, 0.1) is 11.0 Å². The van der Waals surface area contributed by atoms with Crippen LogP contribution in [-0.4, -0.2) is 67.3 Å². The monoisotopic (exact) mass is 829 g/mol. The van der Waals surface area contributed by atoms with Gasteiger partial charge in [-0.1, -0.05) is 155 Å². The van der Waals surface area contributed by atoms with Crippen molar-refractivity contribution in [2.75, 3.05) is 11.6 Å². The molecule has 16 heteroatoms. The van der Waals surface area contributed by atoms with Gasteiger partial charge >= 0.3 is 17.9 Å². The molecule has 1 rings (SSSR count). The van der Waals surface area contributed by atoms with Gasteiger partial charge in [0.15, 0.2) is 0 Å². The highest BCUT2D eigenvalue weighted by Crippen LogP contribution is 2.48. The first-order valence-electron chi connectivity index (χ1n) is 18.6. The molecule has 0 aromatic heterocycles. The maximum Gasteiger partial charge on any atom is 0.320 e. The predicted molar refractivity (Wildman–Crippen MR) is 221 cm³/mol. The van der Waals surface area contributed by atoms with Crippen molar-refractivity contribution in [3.8, 4) is 0 Å². The molecule has 1 amide bonds. The molecule has 3 atom stereocenters. The van der Waals surface area contributed by atoms with Crippen molar-refractivity contribution >= 4 is 94.4 Å². The van der Waals surface area contributed by atoms with Gasteiger partial charge in [0.05, 0.1) is 16.1 Å². The second-order valence-corrected chi connectivity index (χ2v) is 20.9. The molecule has 1 radical (unpaired) electrons. The first kappa shape index (κ1) is 48.6. The minimum Gasteiger partial charge on any atom is -0.481 e. The third kappa shape index (κ3) is 30.6. The lowest BCUT2D eigenvalue weighted by atomic mass is 9.94. The number of carboxylic acids is 3. The maximum absolute atomic E-state index is 12.5. The fourth-order valence-electron chi connectivity index (χ4n) is 5.63. The van der Waals surface area contributed by atoms with Crippen LogP contribution in [0.5, 0.6) is 0 Å².